The Balaban J connectivity index is 2.43. The molecule has 0 heterocycles. The highest BCUT2D eigenvalue weighted by atomic mass is 16.4. The Hall–Kier alpha value is -2.08. The number of carboxylic acids is 1. The van der Waals surface area contributed by atoms with Gasteiger partial charge in [-0.3, -0.25) is 4.79 Å². The van der Waals surface area contributed by atoms with Crippen LogP contribution in [0.4, 0.5) is 10.5 Å². The Morgan fingerprint density at radius 3 is 2.75 bits per heavy atom. The molecule has 2 amide bonds. The molecule has 6 nitrogen and oxygen atoms in total. The Kier molecular flexibility index (Phi) is 6.52. The maximum absolute atomic E-state index is 11.7. The van der Waals surface area contributed by atoms with Gasteiger partial charge in [-0.15, -0.1) is 0 Å². The number of carbonyl (C=O) groups is 2. The van der Waals surface area contributed by atoms with E-state index in [0.717, 1.165) is 13.1 Å². The highest BCUT2D eigenvalue weighted by Crippen LogP contribution is 2.11. The number of nitrogens with zero attached hydrogens (tertiary/aromatic N) is 1. The zero-order valence-electron chi connectivity index (χ0n) is 11.8. The number of anilines is 1. The van der Waals surface area contributed by atoms with Crippen LogP contribution >= 0.6 is 0 Å². The van der Waals surface area contributed by atoms with Crippen LogP contribution in [-0.4, -0.2) is 48.7 Å². The zero-order valence-corrected chi connectivity index (χ0v) is 11.8. The maximum Gasteiger partial charge on any atom is 0.319 e. The Morgan fingerprint density at radius 2 is 2.10 bits per heavy atom. The number of carboxylic acid groups (broad SMARTS) is 1. The number of rotatable bonds is 7. The van der Waals surface area contributed by atoms with Gasteiger partial charge in [0.2, 0.25) is 0 Å². The van der Waals surface area contributed by atoms with Gasteiger partial charge in [0.1, 0.15) is 0 Å². The van der Waals surface area contributed by atoms with E-state index >= 15 is 0 Å². The molecule has 0 radical (unpaired) electrons. The van der Waals surface area contributed by atoms with Crippen LogP contribution in [0.25, 0.3) is 0 Å². The molecule has 0 aliphatic heterocycles. The van der Waals surface area contributed by atoms with Gasteiger partial charge in [0, 0.05) is 18.8 Å². The highest BCUT2D eigenvalue weighted by molar-refractivity contribution is 5.89. The normalized spacial score (nSPS) is 10.3. The first-order valence-corrected chi connectivity index (χ1v) is 6.55. The third-order valence-corrected chi connectivity index (χ3v) is 2.86. The van der Waals surface area contributed by atoms with E-state index in [2.05, 4.69) is 15.5 Å². The maximum atomic E-state index is 11.7. The first-order valence-electron chi connectivity index (χ1n) is 6.55. The van der Waals surface area contributed by atoms with Crippen LogP contribution in [0.1, 0.15) is 12.5 Å². The van der Waals surface area contributed by atoms with Gasteiger partial charge in [0.05, 0.1) is 6.42 Å². The number of likely N-dealkylation sites (N-methyl/N-ethyl adjacent to an activating group) is 1. The molecule has 0 aliphatic rings. The fraction of sp³-hybridized carbons (Fsp3) is 0.429. The Morgan fingerprint density at radius 1 is 1.35 bits per heavy atom. The lowest BCUT2D eigenvalue weighted by Crippen LogP contribution is -2.35. The SMILES string of the molecule is CCN(C)CCNC(=O)Nc1cccc(CC(=O)O)c1. The molecular weight excluding hydrogens is 258 g/mol. The van der Waals surface area contributed by atoms with Gasteiger partial charge < -0.3 is 20.6 Å². The predicted molar refractivity (Wildman–Crippen MR) is 78.0 cm³/mol. The molecule has 1 rings (SSSR count). The van der Waals surface area contributed by atoms with Crippen LogP contribution in [0.15, 0.2) is 24.3 Å². The molecule has 0 saturated heterocycles. The first kappa shape index (κ1) is 16.0. The zero-order chi connectivity index (χ0) is 15.0. The number of hydrogen-bond donors (Lipinski definition) is 3. The van der Waals surface area contributed by atoms with E-state index in [0.29, 0.717) is 17.8 Å². The van der Waals surface area contributed by atoms with Crippen LogP contribution < -0.4 is 10.6 Å². The highest BCUT2D eigenvalue weighted by Gasteiger charge is 2.04. The van der Waals surface area contributed by atoms with Gasteiger partial charge in [-0.1, -0.05) is 19.1 Å². The van der Waals surface area contributed by atoms with Crippen molar-refractivity contribution in [2.75, 3.05) is 32.0 Å². The summed E-state index contributed by atoms with van der Waals surface area (Å²) in [4.78, 5) is 24.4. The molecular formula is C14H21N3O3. The minimum Gasteiger partial charge on any atom is -0.481 e. The predicted octanol–water partition coefficient (Wildman–Crippen LogP) is 1.39. The number of aliphatic carboxylic acids is 1. The molecule has 6 heteroatoms. The third-order valence-electron chi connectivity index (χ3n) is 2.86. The van der Waals surface area contributed by atoms with Crippen molar-refractivity contribution in [2.45, 2.75) is 13.3 Å². The number of hydrogen-bond acceptors (Lipinski definition) is 3. The van der Waals surface area contributed by atoms with Crippen LogP contribution in [0, 0.1) is 0 Å². The monoisotopic (exact) mass is 279 g/mol. The van der Waals surface area contributed by atoms with Gasteiger partial charge in [-0.25, -0.2) is 4.79 Å². The van der Waals surface area contributed by atoms with E-state index in [9.17, 15) is 9.59 Å². The lowest BCUT2D eigenvalue weighted by molar-refractivity contribution is -0.136. The summed E-state index contributed by atoms with van der Waals surface area (Å²) in [6.45, 7) is 4.32. The summed E-state index contributed by atoms with van der Waals surface area (Å²) in [5, 5.41) is 14.2. The first-order chi connectivity index (χ1) is 9.51. The van der Waals surface area contributed by atoms with Crippen molar-refractivity contribution >= 4 is 17.7 Å². The van der Waals surface area contributed by atoms with Crippen molar-refractivity contribution < 1.29 is 14.7 Å². The van der Waals surface area contributed by atoms with Gasteiger partial charge in [-0.2, -0.15) is 0 Å². The topological polar surface area (TPSA) is 81.7 Å². The third kappa shape index (κ3) is 6.19. The molecule has 3 N–H and O–H groups in total. The van der Waals surface area contributed by atoms with Crippen molar-refractivity contribution in [3.05, 3.63) is 29.8 Å². The van der Waals surface area contributed by atoms with Crippen LogP contribution in [0.5, 0.6) is 0 Å². The molecule has 20 heavy (non-hydrogen) atoms. The second-order valence-corrected chi connectivity index (χ2v) is 4.55. The van der Waals surface area contributed by atoms with Gasteiger partial charge >= 0.3 is 12.0 Å². The van der Waals surface area contributed by atoms with E-state index in [-0.39, 0.29) is 12.5 Å². The molecule has 0 aliphatic carbocycles. The Bertz CT molecular complexity index is 463. The van der Waals surface area contributed by atoms with Gasteiger partial charge in [-0.05, 0) is 31.3 Å². The van der Waals surface area contributed by atoms with Gasteiger partial charge in [0.15, 0.2) is 0 Å². The molecule has 0 bridgehead atoms. The van der Waals surface area contributed by atoms with Crippen molar-refractivity contribution in [3.8, 4) is 0 Å². The minimum absolute atomic E-state index is 0.0571. The van der Waals surface area contributed by atoms with Crippen LogP contribution in [0.2, 0.25) is 0 Å². The fourth-order valence-corrected chi connectivity index (χ4v) is 1.63. The van der Waals surface area contributed by atoms with E-state index < -0.39 is 5.97 Å². The van der Waals surface area contributed by atoms with E-state index in [1.54, 1.807) is 24.3 Å². The lowest BCUT2D eigenvalue weighted by Gasteiger charge is -2.14. The van der Waals surface area contributed by atoms with Crippen molar-refractivity contribution in [1.82, 2.24) is 10.2 Å². The molecule has 0 spiro atoms. The standard InChI is InChI=1S/C14H21N3O3/c1-3-17(2)8-7-15-14(20)16-12-6-4-5-11(9-12)10-13(18)19/h4-6,9H,3,7-8,10H2,1-2H3,(H,18,19)(H2,15,16,20). The lowest BCUT2D eigenvalue weighted by atomic mass is 10.1. The summed E-state index contributed by atoms with van der Waals surface area (Å²) >= 11 is 0. The summed E-state index contributed by atoms with van der Waals surface area (Å²) < 4.78 is 0. The summed E-state index contributed by atoms with van der Waals surface area (Å²) in [5.41, 5.74) is 1.24. The fourth-order valence-electron chi connectivity index (χ4n) is 1.63. The summed E-state index contributed by atoms with van der Waals surface area (Å²) in [6.07, 6.45) is -0.0571. The van der Waals surface area contributed by atoms with E-state index in [4.69, 9.17) is 5.11 Å². The summed E-state index contributed by atoms with van der Waals surface area (Å²) in [6, 6.07) is 6.53. The molecule has 0 saturated carbocycles. The van der Waals surface area contributed by atoms with Crippen LogP contribution in [0.3, 0.4) is 0 Å². The second kappa shape index (κ2) is 8.16. The average molecular weight is 279 g/mol. The smallest absolute Gasteiger partial charge is 0.319 e. The molecule has 1 aromatic carbocycles. The van der Waals surface area contributed by atoms with Gasteiger partial charge in [0.25, 0.3) is 0 Å². The number of urea groups is 1. The second-order valence-electron chi connectivity index (χ2n) is 4.55. The molecule has 1 aromatic rings. The molecule has 0 unspecified atom stereocenters. The Labute approximate surface area is 118 Å². The largest absolute Gasteiger partial charge is 0.481 e. The molecule has 0 aromatic heterocycles. The van der Waals surface area contributed by atoms with E-state index in [1.807, 2.05) is 14.0 Å². The van der Waals surface area contributed by atoms with Crippen molar-refractivity contribution in [2.24, 2.45) is 0 Å². The number of amides is 2. The summed E-state index contributed by atoms with van der Waals surface area (Å²) in [7, 11) is 1.98. The molecule has 110 valence electrons. The number of carbonyl (C=O) groups excluding carboxylic acids is 1. The molecule has 0 atom stereocenters. The van der Waals surface area contributed by atoms with Crippen LogP contribution in [-0.2, 0) is 11.2 Å². The quantitative estimate of drug-likeness (QED) is 0.704. The minimum atomic E-state index is -0.894. The molecule has 0 fully saturated rings. The number of nitrogens with one attached hydrogen (secondary N) is 2. The number of benzene rings is 1. The van der Waals surface area contributed by atoms with Crippen molar-refractivity contribution in [1.29, 1.82) is 0 Å². The summed E-state index contributed by atoms with van der Waals surface area (Å²) in [5.74, 6) is -0.894. The average Bonchev–Trinajstić information content (AvgIpc) is 2.38. The van der Waals surface area contributed by atoms with Crippen molar-refractivity contribution in [3.63, 3.8) is 0 Å². The van der Waals surface area contributed by atoms with E-state index in [1.165, 1.54) is 0 Å².